The van der Waals surface area contributed by atoms with E-state index in [-0.39, 0.29) is 24.0 Å². The van der Waals surface area contributed by atoms with Crippen LogP contribution in [0.3, 0.4) is 0 Å². The van der Waals surface area contributed by atoms with Crippen LogP contribution in [0.2, 0.25) is 0 Å². The summed E-state index contributed by atoms with van der Waals surface area (Å²) in [6.07, 6.45) is 10.8. The first-order valence-electron chi connectivity index (χ1n) is 10.1. The minimum Gasteiger partial charge on any atom is -0.357 e. The SMILES string of the molecule is CCNC(=NCC1(C)CCCC1)NC1CCc2cn(C(C)C)nc2C1.I. The Morgan fingerprint density at radius 1 is 1.38 bits per heavy atom. The maximum absolute atomic E-state index is 4.92. The number of aromatic nitrogens is 2. The van der Waals surface area contributed by atoms with Gasteiger partial charge in [-0.25, -0.2) is 0 Å². The maximum Gasteiger partial charge on any atom is 0.191 e. The Kier molecular flexibility index (Phi) is 7.79. The van der Waals surface area contributed by atoms with Crippen LogP contribution in [0.5, 0.6) is 0 Å². The van der Waals surface area contributed by atoms with Crippen LogP contribution in [0.25, 0.3) is 0 Å². The Bertz CT molecular complexity index is 601. The van der Waals surface area contributed by atoms with E-state index >= 15 is 0 Å². The van der Waals surface area contributed by atoms with Crippen LogP contribution in [0.1, 0.15) is 77.1 Å². The largest absolute Gasteiger partial charge is 0.357 e. The Morgan fingerprint density at radius 2 is 2.12 bits per heavy atom. The van der Waals surface area contributed by atoms with Crippen LogP contribution in [-0.4, -0.2) is 34.9 Å². The van der Waals surface area contributed by atoms with E-state index in [4.69, 9.17) is 10.1 Å². The molecule has 1 saturated carbocycles. The predicted octanol–water partition coefficient (Wildman–Crippen LogP) is 4.07. The van der Waals surface area contributed by atoms with Gasteiger partial charge in [0.1, 0.15) is 0 Å². The molecule has 2 aliphatic rings. The van der Waals surface area contributed by atoms with Gasteiger partial charge in [-0.2, -0.15) is 5.10 Å². The zero-order valence-electron chi connectivity index (χ0n) is 16.8. The molecule has 0 amide bonds. The Labute approximate surface area is 175 Å². The summed E-state index contributed by atoms with van der Waals surface area (Å²) >= 11 is 0. The average Bonchev–Trinajstić information content (AvgIpc) is 3.19. The Morgan fingerprint density at radius 3 is 2.77 bits per heavy atom. The first kappa shape index (κ1) is 21.5. The molecule has 1 aromatic rings. The van der Waals surface area contributed by atoms with Gasteiger partial charge >= 0.3 is 0 Å². The van der Waals surface area contributed by atoms with E-state index in [2.05, 4.69) is 49.2 Å². The summed E-state index contributed by atoms with van der Waals surface area (Å²) in [5.41, 5.74) is 3.08. The molecule has 148 valence electrons. The highest BCUT2D eigenvalue weighted by Gasteiger charge is 2.29. The van der Waals surface area contributed by atoms with E-state index < -0.39 is 0 Å². The van der Waals surface area contributed by atoms with Crippen molar-refractivity contribution in [3.05, 3.63) is 17.5 Å². The fraction of sp³-hybridized carbons (Fsp3) is 0.800. The standard InChI is InChI=1S/C20H35N5.HI/c1-5-21-19(22-14-20(4)10-6-7-11-20)23-17-9-8-16-13-25(15(2)3)24-18(16)12-17;/h13,15,17H,5-12,14H2,1-4H3,(H2,21,22,23);1H. The molecule has 0 bridgehead atoms. The van der Waals surface area contributed by atoms with Gasteiger partial charge in [0.05, 0.1) is 5.69 Å². The lowest BCUT2D eigenvalue weighted by molar-refractivity contribution is 0.350. The summed E-state index contributed by atoms with van der Waals surface area (Å²) < 4.78 is 2.10. The second-order valence-electron chi connectivity index (χ2n) is 8.47. The van der Waals surface area contributed by atoms with Crippen LogP contribution in [0.15, 0.2) is 11.2 Å². The highest BCUT2D eigenvalue weighted by molar-refractivity contribution is 14.0. The van der Waals surface area contributed by atoms with Gasteiger partial charge in [-0.05, 0) is 57.4 Å². The van der Waals surface area contributed by atoms with Crippen LogP contribution < -0.4 is 10.6 Å². The average molecular weight is 473 g/mol. The van der Waals surface area contributed by atoms with Crippen molar-refractivity contribution in [3.8, 4) is 0 Å². The number of guanidine groups is 1. The predicted molar refractivity (Wildman–Crippen MR) is 120 cm³/mol. The molecule has 0 aromatic carbocycles. The van der Waals surface area contributed by atoms with E-state index in [0.29, 0.717) is 17.5 Å². The molecule has 2 aliphatic carbocycles. The molecule has 0 spiro atoms. The van der Waals surface area contributed by atoms with Gasteiger partial charge in [-0.3, -0.25) is 9.67 Å². The smallest absolute Gasteiger partial charge is 0.191 e. The van der Waals surface area contributed by atoms with E-state index in [1.165, 1.54) is 36.9 Å². The third kappa shape index (κ3) is 5.36. The van der Waals surface area contributed by atoms with E-state index in [0.717, 1.165) is 38.3 Å². The van der Waals surface area contributed by atoms with Crippen molar-refractivity contribution in [3.63, 3.8) is 0 Å². The quantitative estimate of drug-likeness (QED) is 0.385. The van der Waals surface area contributed by atoms with Gasteiger partial charge in [-0.15, -0.1) is 24.0 Å². The van der Waals surface area contributed by atoms with Crippen molar-refractivity contribution in [2.75, 3.05) is 13.1 Å². The van der Waals surface area contributed by atoms with Crippen molar-refractivity contribution in [2.45, 2.75) is 84.7 Å². The number of rotatable bonds is 5. The van der Waals surface area contributed by atoms with Crippen molar-refractivity contribution in [1.29, 1.82) is 0 Å². The van der Waals surface area contributed by atoms with E-state index in [1.807, 2.05) is 0 Å². The molecule has 1 aromatic heterocycles. The normalized spacial score (nSPS) is 22.0. The van der Waals surface area contributed by atoms with Gasteiger partial charge in [0, 0.05) is 37.8 Å². The fourth-order valence-corrected chi connectivity index (χ4v) is 4.07. The first-order chi connectivity index (χ1) is 12.0. The Hall–Kier alpha value is -0.790. The molecular weight excluding hydrogens is 437 g/mol. The monoisotopic (exact) mass is 473 g/mol. The lowest BCUT2D eigenvalue weighted by Crippen LogP contribution is -2.46. The molecule has 1 unspecified atom stereocenters. The van der Waals surface area contributed by atoms with Gasteiger partial charge in [0.25, 0.3) is 0 Å². The number of hydrogen-bond donors (Lipinski definition) is 2. The molecule has 1 heterocycles. The third-order valence-corrected chi connectivity index (χ3v) is 5.74. The fourth-order valence-electron chi connectivity index (χ4n) is 4.07. The number of hydrogen-bond acceptors (Lipinski definition) is 2. The highest BCUT2D eigenvalue weighted by atomic mass is 127. The third-order valence-electron chi connectivity index (χ3n) is 5.74. The molecule has 0 saturated heterocycles. The van der Waals surface area contributed by atoms with E-state index in [1.54, 1.807) is 0 Å². The van der Waals surface area contributed by atoms with E-state index in [9.17, 15) is 0 Å². The zero-order valence-corrected chi connectivity index (χ0v) is 19.2. The second kappa shape index (κ2) is 9.42. The molecule has 1 fully saturated rings. The summed E-state index contributed by atoms with van der Waals surface area (Å²) in [7, 11) is 0. The molecule has 5 nitrogen and oxygen atoms in total. The zero-order chi connectivity index (χ0) is 17.9. The topological polar surface area (TPSA) is 54.2 Å². The summed E-state index contributed by atoms with van der Waals surface area (Å²) in [5.74, 6) is 0.979. The van der Waals surface area contributed by atoms with Crippen molar-refractivity contribution in [1.82, 2.24) is 20.4 Å². The lowest BCUT2D eigenvalue weighted by Gasteiger charge is -2.26. The van der Waals surface area contributed by atoms with Crippen LogP contribution in [0.4, 0.5) is 0 Å². The molecule has 3 rings (SSSR count). The number of halogens is 1. The summed E-state index contributed by atoms with van der Waals surface area (Å²) in [6, 6.07) is 0.861. The molecule has 0 aliphatic heterocycles. The second-order valence-corrected chi connectivity index (χ2v) is 8.47. The van der Waals surface area contributed by atoms with Crippen molar-refractivity contribution in [2.24, 2.45) is 10.4 Å². The molecule has 2 N–H and O–H groups in total. The summed E-state index contributed by atoms with van der Waals surface area (Å²) in [5, 5.41) is 11.9. The van der Waals surface area contributed by atoms with Crippen molar-refractivity contribution >= 4 is 29.9 Å². The van der Waals surface area contributed by atoms with Gasteiger partial charge in [0.15, 0.2) is 5.96 Å². The summed E-state index contributed by atoms with van der Waals surface area (Å²) in [6.45, 7) is 10.7. The summed E-state index contributed by atoms with van der Waals surface area (Å²) in [4.78, 5) is 4.92. The molecule has 6 heteroatoms. The van der Waals surface area contributed by atoms with Crippen LogP contribution >= 0.6 is 24.0 Å². The number of aliphatic imine (C=N–C) groups is 1. The number of fused-ring (bicyclic) bond motifs is 1. The Balaban J connectivity index is 0.00000243. The molecule has 26 heavy (non-hydrogen) atoms. The van der Waals surface area contributed by atoms with Gasteiger partial charge in [0.2, 0.25) is 0 Å². The van der Waals surface area contributed by atoms with Crippen LogP contribution in [0, 0.1) is 5.41 Å². The number of nitrogens with one attached hydrogen (secondary N) is 2. The highest BCUT2D eigenvalue weighted by Crippen LogP contribution is 2.37. The maximum atomic E-state index is 4.92. The lowest BCUT2D eigenvalue weighted by atomic mass is 9.89. The van der Waals surface area contributed by atoms with Gasteiger partial charge in [-0.1, -0.05) is 19.8 Å². The number of aryl methyl sites for hydroxylation is 1. The first-order valence-corrected chi connectivity index (χ1v) is 10.1. The molecule has 1 atom stereocenters. The molecule has 0 radical (unpaired) electrons. The molecular formula is C20H36IN5. The number of nitrogens with zero attached hydrogens (tertiary/aromatic N) is 3. The minimum absolute atomic E-state index is 0. The van der Waals surface area contributed by atoms with Crippen molar-refractivity contribution < 1.29 is 0 Å². The van der Waals surface area contributed by atoms with Crippen LogP contribution in [-0.2, 0) is 12.8 Å². The van der Waals surface area contributed by atoms with Gasteiger partial charge < -0.3 is 10.6 Å². The minimum atomic E-state index is 0.